The van der Waals surface area contributed by atoms with Crippen LogP contribution in [0.2, 0.25) is 5.02 Å². The van der Waals surface area contributed by atoms with E-state index in [0.29, 0.717) is 18.0 Å². The molecule has 0 aromatic heterocycles. The highest BCUT2D eigenvalue weighted by atomic mass is 35.5. The molecule has 0 radical (unpaired) electrons. The average Bonchev–Trinajstić information content (AvgIpc) is 2.78. The maximum absolute atomic E-state index is 12.1. The smallest absolute Gasteiger partial charge is 0.226 e. The van der Waals surface area contributed by atoms with E-state index in [1.807, 2.05) is 12.1 Å². The third-order valence-corrected chi connectivity index (χ3v) is 4.01. The molecule has 0 saturated heterocycles. The standard InChI is InChI=1S/C15H20ClNO2/c1-17(11-15(19)8-2-3-9-15)14(18)10-12-4-6-13(16)7-5-12/h4-7,19H,2-3,8-11H2,1H3. The van der Waals surface area contributed by atoms with Gasteiger partial charge < -0.3 is 10.0 Å². The van der Waals surface area contributed by atoms with Gasteiger partial charge in [0.05, 0.1) is 12.0 Å². The zero-order valence-corrected chi connectivity index (χ0v) is 12.0. The number of likely N-dealkylation sites (N-methyl/N-ethyl adjacent to an activating group) is 1. The molecule has 1 aromatic rings. The van der Waals surface area contributed by atoms with Crippen LogP contribution in [0.3, 0.4) is 0 Å². The summed E-state index contributed by atoms with van der Waals surface area (Å²) in [6.07, 6.45) is 4.05. The van der Waals surface area contributed by atoms with Crippen LogP contribution < -0.4 is 0 Å². The normalized spacial score (nSPS) is 17.4. The fourth-order valence-electron chi connectivity index (χ4n) is 2.63. The van der Waals surface area contributed by atoms with Crippen LogP contribution in [0.25, 0.3) is 0 Å². The quantitative estimate of drug-likeness (QED) is 0.922. The number of carbonyl (C=O) groups is 1. The van der Waals surface area contributed by atoms with Crippen molar-refractivity contribution in [3.05, 3.63) is 34.9 Å². The minimum Gasteiger partial charge on any atom is -0.388 e. The van der Waals surface area contributed by atoms with Gasteiger partial charge in [-0.1, -0.05) is 36.6 Å². The van der Waals surface area contributed by atoms with Gasteiger partial charge in [0.1, 0.15) is 0 Å². The molecule has 0 spiro atoms. The predicted molar refractivity (Wildman–Crippen MR) is 76.2 cm³/mol. The molecule has 4 heteroatoms. The van der Waals surface area contributed by atoms with E-state index in [9.17, 15) is 9.90 Å². The van der Waals surface area contributed by atoms with Crippen molar-refractivity contribution in [3.63, 3.8) is 0 Å². The molecule has 0 heterocycles. The third-order valence-electron chi connectivity index (χ3n) is 3.76. The predicted octanol–water partition coefficient (Wildman–Crippen LogP) is 2.65. The van der Waals surface area contributed by atoms with Gasteiger partial charge in [-0.2, -0.15) is 0 Å². The summed E-state index contributed by atoms with van der Waals surface area (Å²) < 4.78 is 0. The number of hydrogen-bond donors (Lipinski definition) is 1. The Morgan fingerprint density at radius 3 is 2.47 bits per heavy atom. The number of hydrogen-bond acceptors (Lipinski definition) is 2. The molecule has 2 rings (SSSR count). The van der Waals surface area contributed by atoms with Gasteiger partial charge in [-0.25, -0.2) is 0 Å². The summed E-state index contributed by atoms with van der Waals surface area (Å²) in [4.78, 5) is 13.7. The van der Waals surface area contributed by atoms with E-state index in [-0.39, 0.29) is 5.91 Å². The van der Waals surface area contributed by atoms with E-state index in [1.54, 1.807) is 24.1 Å². The van der Waals surface area contributed by atoms with Gasteiger partial charge in [-0.15, -0.1) is 0 Å². The summed E-state index contributed by atoms with van der Waals surface area (Å²) in [6, 6.07) is 7.29. The first kappa shape index (κ1) is 14.4. The number of amides is 1. The Morgan fingerprint density at radius 1 is 1.32 bits per heavy atom. The zero-order chi connectivity index (χ0) is 13.9. The lowest BCUT2D eigenvalue weighted by Crippen LogP contribution is -2.42. The lowest BCUT2D eigenvalue weighted by molar-refractivity contribution is -0.132. The molecule has 1 aromatic carbocycles. The largest absolute Gasteiger partial charge is 0.388 e. The van der Waals surface area contributed by atoms with Crippen molar-refractivity contribution < 1.29 is 9.90 Å². The third kappa shape index (κ3) is 3.95. The molecule has 0 bridgehead atoms. The minimum atomic E-state index is -0.676. The molecule has 1 saturated carbocycles. The Labute approximate surface area is 119 Å². The van der Waals surface area contributed by atoms with Crippen molar-refractivity contribution in [2.24, 2.45) is 0 Å². The topological polar surface area (TPSA) is 40.5 Å². The first-order valence-electron chi connectivity index (χ1n) is 6.69. The molecule has 3 nitrogen and oxygen atoms in total. The van der Waals surface area contributed by atoms with Crippen LogP contribution in [-0.2, 0) is 11.2 Å². The van der Waals surface area contributed by atoms with Gasteiger partial charge in [0.2, 0.25) is 5.91 Å². The summed E-state index contributed by atoms with van der Waals surface area (Å²) in [5.41, 5.74) is 0.268. The Morgan fingerprint density at radius 2 is 1.89 bits per heavy atom. The lowest BCUT2D eigenvalue weighted by Gasteiger charge is -2.28. The van der Waals surface area contributed by atoms with Gasteiger partial charge in [0.25, 0.3) is 0 Å². The lowest BCUT2D eigenvalue weighted by atomic mass is 10.0. The van der Waals surface area contributed by atoms with E-state index in [4.69, 9.17) is 11.6 Å². The highest BCUT2D eigenvalue weighted by Crippen LogP contribution is 2.30. The van der Waals surface area contributed by atoms with Crippen molar-refractivity contribution >= 4 is 17.5 Å². The van der Waals surface area contributed by atoms with Crippen molar-refractivity contribution in [3.8, 4) is 0 Å². The number of aliphatic hydroxyl groups is 1. The Balaban J connectivity index is 1.90. The molecule has 0 atom stereocenters. The first-order chi connectivity index (χ1) is 8.98. The first-order valence-corrected chi connectivity index (χ1v) is 7.07. The van der Waals surface area contributed by atoms with Crippen LogP contribution in [0.15, 0.2) is 24.3 Å². The summed E-state index contributed by atoms with van der Waals surface area (Å²) in [5.74, 6) is 0.0302. The Hall–Kier alpha value is -1.06. The number of halogens is 1. The van der Waals surface area contributed by atoms with Crippen LogP contribution >= 0.6 is 11.6 Å². The fraction of sp³-hybridized carbons (Fsp3) is 0.533. The summed E-state index contributed by atoms with van der Waals surface area (Å²) in [5, 5.41) is 11.0. The van der Waals surface area contributed by atoms with Crippen molar-refractivity contribution in [2.75, 3.05) is 13.6 Å². The molecule has 0 unspecified atom stereocenters. The van der Waals surface area contributed by atoms with E-state index >= 15 is 0 Å². The van der Waals surface area contributed by atoms with E-state index < -0.39 is 5.60 Å². The molecular formula is C15H20ClNO2. The molecule has 1 amide bonds. The zero-order valence-electron chi connectivity index (χ0n) is 11.2. The highest BCUT2D eigenvalue weighted by Gasteiger charge is 2.33. The van der Waals surface area contributed by atoms with Crippen LogP contribution in [0, 0.1) is 0 Å². The maximum Gasteiger partial charge on any atom is 0.226 e. The number of rotatable bonds is 4. The molecule has 0 aliphatic heterocycles. The van der Waals surface area contributed by atoms with E-state index in [0.717, 1.165) is 31.2 Å². The molecule has 1 fully saturated rings. The molecule has 1 N–H and O–H groups in total. The monoisotopic (exact) mass is 281 g/mol. The number of nitrogens with zero attached hydrogens (tertiary/aromatic N) is 1. The van der Waals surface area contributed by atoms with Crippen LogP contribution in [0.1, 0.15) is 31.2 Å². The second-order valence-corrected chi connectivity index (χ2v) is 5.92. The number of benzene rings is 1. The van der Waals surface area contributed by atoms with Crippen molar-refractivity contribution in [1.29, 1.82) is 0 Å². The summed E-state index contributed by atoms with van der Waals surface area (Å²) >= 11 is 5.81. The SMILES string of the molecule is CN(CC1(O)CCCC1)C(=O)Cc1ccc(Cl)cc1. The van der Waals surface area contributed by atoms with E-state index in [1.165, 1.54) is 0 Å². The van der Waals surface area contributed by atoms with Gasteiger partial charge in [0.15, 0.2) is 0 Å². The second kappa shape index (κ2) is 5.93. The van der Waals surface area contributed by atoms with Crippen LogP contribution in [0.4, 0.5) is 0 Å². The second-order valence-electron chi connectivity index (χ2n) is 5.48. The van der Waals surface area contributed by atoms with Gasteiger partial charge in [-0.05, 0) is 30.5 Å². The Bertz CT molecular complexity index is 438. The van der Waals surface area contributed by atoms with Crippen molar-refractivity contribution in [2.45, 2.75) is 37.7 Å². The van der Waals surface area contributed by atoms with Gasteiger partial charge in [0, 0.05) is 18.6 Å². The van der Waals surface area contributed by atoms with E-state index in [2.05, 4.69) is 0 Å². The number of carbonyl (C=O) groups excluding carboxylic acids is 1. The molecule has 104 valence electrons. The van der Waals surface area contributed by atoms with Crippen molar-refractivity contribution in [1.82, 2.24) is 4.90 Å². The molecule has 1 aliphatic rings. The van der Waals surface area contributed by atoms with Gasteiger partial charge in [-0.3, -0.25) is 4.79 Å². The summed E-state index contributed by atoms with van der Waals surface area (Å²) in [7, 11) is 1.76. The van der Waals surface area contributed by atoms with Gasteiger partial charge >= 0.3 is 0 Å². The highest BCUT2D eigenvalue weighted by molar-refractivity contribution is 6.30. The average molecular weight is 282 g/mol. The fourth-order valence-corrected chi connectivity index (χ4v) is 2.76. The summed E-state index contributed by atoms with van der Waals surface area (Å²) in [6.45, 7) is 0.430. The van der Waals surface area contributed by atoms with Crippen LogP contribution in [-0.4, -0.2) is 35.1 Å². The minimum absolute atomic E-state index is 0.0302. The maximum atomic E-state index is 12.1. The Kier molecular flexibility index (Phi) is 4.48. The van der Waals surface area contributed by atoms with Crippen LogP contribution in [0.5, 0.6) is 0 Å². The molecule has 1 aliphatic carbocycles. The molecular weight excluding hydrogens is 262 g/mol. The molecule has 19 heavy (non-hydrogen) atoms.